The number of alkyl halides is 1. The van der Waals surface area contributed by atoms with E-state index in [1.807, 2.05) is 13.0 Å². The fourth-order valence-corrected chi connectivity index (χ4v) is 6.50. The smallest absolute Gasteiger partial charge is 0.253 e. The van der Waals surface area contributed by atoms with Crippen molar-refractivity contribution in [3.8, 4) is 0 Å². The standard InChI is InChI=1S/C23H36FN3O4S.ClH/c1-3-18-32(29,30)27-16-14-26(15-17-27)23(12-7-10-20(31-2)11-13-23)22(24)25-21(28)19-8-5-4-6-9-19;/h4-6,8-9,20,22H,3,7,10-18H2,1-2H3,(H,25,28);1H. The summed E-state index contributed by atoms with van der Waals surface area (Å²) in [5.41, 5.74) is -0.456. The molecular formula is C23H37ClFN3O4S. The van der Waals surface area contributed by atoms with E-state index < -0.39 is 27.8 Å². The summed E-state index contributed by atoms with van der Waals surface area (Å²) >= 11 is 0. The Kier molecular flexibility index (Phi) is 10.6. The summed E-state index contributed by atoms with van der Waals surface area (Å²) in [6.07, 6.45) is 2.55. The molecule has 1 saturated carbocycles. The average molecular weight is 506 g/mol. The number of ether oxygens (including phenoxy) is 1. The highest BCUT2D eigenvalue weighted by atomic mass is 35.5. The lowest BCUT2D eigenvalue weighted by Crippen LogP contribution is -2.65. The molecule has 1 aliphatic heterocycles. The maximum atomic E-state index is 16.0. The highest BCUT2D eigenvalue weighted by molar-refractivity contribution is 7.89. The molecule has 1 aliphatic carbocycles. The number of rotatable bonds is 8. The first-order valence-electron chi connectivity index (χ1n) is 11.6. The van der Waals surface area contributed by atoms with Crippen LogP contribution in [0.2, 0.25) is 0 Å². The van der Waals surface area contributed by atoms with E-state index in [-0.39, 0.29) is 24.3 Å². The number of benzene rings is 1. The quantitative estimate of drug-likeness (QED) is 0.433. The van der Waals surface area contributed by atoms with Gasteiger partial charge in [0.25, 0.3) is 5.91 Å². The van der Waals surface area contributed by atoms with Crippen LogP contribution in [-0.2, 0) is 14.8 Å². The molecule has 3 unspecified atom stereocenters. The fraction of sp³-hybridized carbons (Fsp3) is 0.696. The summed E-state index contributed by atoms with van der Waals surface area (Å²) in [5.74, 6) is -0.304. The number of nitrogens with one attached hydrogen (secondary N) is 1. The van der Waals surface area contributed by atoms with Gasteiger partial charge in [0.2, 0.25) is 10.0 Å². The van der Waals surface area contributed by atoms with Crippen LogP contribution in [-0.4, -0.2) is 80.5 Å². The van der Waals surface area contributed by atoms with Crippen LogP contribution in [0.1, 0.15) is 55.8 Å². The van der Waals surface area contributed by atoms with Crippen LogP contribution < -0.4 is 5.32 Å². The number of halogens is 2. The number of carbonyl (C=O) groups excluding carboxylic acids is 1. The van der Waals surface area contributed by atoms with Gasteiger partial charge in [0, 0.05) is 38.9 Å². The van der Waals surface area contributed by atoms with Gasteiger partial charge < -0.3 is 10.1 Å². The van der Waals surface area contributed by atoms with Crippen molar-refractivity contribution < 1.29 is 22.3 Å². The summed E-state index contributed by atoms with van der Waals surface area (Å²) in [5, 5.41) is 2.61. The van der Waals surface area contributed by atoms with E-state index in [9.17, 15) is 13.2 Å². The van der Waals surface area contributed by atoms with Crippen LogP contribution in [0.5, 0.6) is 0 Å². The number of amides is 1. The van der Waals surface area contributed by atoms with Gasteiger partial charge in [-0.05, 0) is 50.7 Å². The molecule has 0 spiro atoms. The van der Waals surface area contributed by atoms with Gasteiger partial charge in [0.1, 0.15) is 0 Å². The van der Waals surface area contributed by atoms with Crippen molar-refractivity contribution in [2.24, 2.45) is 0 Å². The highest BCUT2D eigenvalue weighted by Gasteiger charge is 2.47. The van der Waals surface area contributed by atoms with Crippen molar-refractivity contribution in [1.29, 1.82) is 0 Å². The van der Waals surface area contributed by atoms with E-state index in [1.54, 1.807) is 31.4 Å². The predicted octanol–water partition coefficient (Wildman–Crippen LogP) is 3.21. The van der Waals surface area contributed by atoms with Gasteiger partial charge in [-0.1, -0.05) is 25.1 Å². The zero-order chi connectivity index (χ0) is 23.2. The molecular weight excluding hydrogens is 469 g/mol. The molecule has 2 fully saturated rings. The summed E-state index contributed by atoms with van der Waals surface area (Å²) in [7, 11) is -1.60. The Morgan fingerprint density at radius 2 is 1.85 bits per heavy atom. The van der Waals surface area contributed by atoms with Crippen LogP contribution >= 0.6 is 12.4 Å². The molecule has 2 aliphatic rings. The molecule has 0 aromatic heterocycles. The average Bonchev–Trinajstić information content (AvgIpc) is 3.03. The van der Waals surface area contributed by atoms with Crippen LogP contribution in [0.15, 0.2) is 30.3 Å². The summed E-state index contributed by atoms with van der Waals surface area (Å²) in [6.45, 7) is 3.43. The maximum absolute atomic E-state index is 16.0. The summed E-state index contributed by atoms with van der Waals surface area (Å²) in [4.78, 5) is 14.8. The second kappa shape index (κ2) is 12.4. The number of methoxy groups -OCH3 is 1. The second-order valence-corrected chi connectivity index (χ2v) is 10.9. The van der Waals surface area contributed by atoms with Crippen molar-refractivity contribution in [2.45, 2.75) is 63.4 Å². The first-order valence-corrected chi connectivity index (χ1v) is 13.2. The molecule has 10 heteroatoms. The molecule has 33 heavy (non-hydrogen) atoms. The number of piperazine rings is 1. The minimum absolute atomic E-state index is 0. The second-order valence-electron chi connectivity index (χ2n) is 8.80. The third-order valence-corrected chi connectivity index (χ3v) is 8.93. The predicted molar refractivity (Wildman–Crippen MR) is 130 cm³/mol. The third kappa shape index (κ3) is 6.66. The molecule has 1 aromatic rings. The van der Waals surface area contributed by atoms with Crippen molar-refractivity contribution in [3.63, 3.8) is 0 Å². The highest BCUT2D eigenvalue weighted by Crippen LogP contribution is 2.38. The fourth-order valence-electron chi connectivity index (χ4n) is 5.00. The van der Waals surface area contributed by atoms with Gasteiger partial charge in [-0.25, -0.2) is 12.8 Å². The van der Waals surface area contributed by atoms with Gasteiger partial charge >= 0.3 is 0 Å². The summed E-state index contributed by atoms with van der Waals surface area (Å²) in [6, 6.07) is 8.65. The molecule has 0 bridgehead atoms. The summed E-state index contributed by atoms with van der Waals surface area (Å²) < 4.78 is 48.0. The van der Waals surface area contributed by atoms with E-state index in [0.717, 1.165) is 12.8 Å². The van der Waals surface area contributed by atoms with Gasteiger partial charge in [-0.2, -0.15) is 4.31 Å². The topological polar surface area (TPSA) is 79.0 Å². The normalized spacial score (nSPS) is 26.1. The van der Waals surface area contributed by atoms with Gasteiger partial charge in [0.15, 0.2) is 6.30 Å². The molecule has 0 radical (unpaired) electrons. The van der Waals surface area contributed by atoms with Gasteiger partial charge in [-0.15, -0.1) is 12.4 Å². The van der Waals surface area contributed by atoms with Crippen LogP contribution in [0.4, 0.5) is 4.39 Å². The molecule has 1 N–H and O–H groups in total. The third-order valence-electron chi connectivity index (χ3n) is 6.86. The Balaban J connectivity index is 0.00000385. The number of sulfonamides is 1. The van der Waals surface area contributed by atoms with Gasteiger partial charge in [0.05, 0.1) is 17.4 Å². The molecule has 1 aromatic carbocycles. The van der Waals surface area contributed by atoms with Gasteiger partial charge in [-0.3, -0.25) is 9.69 Å². The Labute approximate surface area is 203 Å². The first kappa shape index (κ1) is 28.0. The largest absolute Gasteiger partial charge is 0.381 e. The molecule has 7 nitrogen and oxygen atoms in total. The van der Waals surface area contributed by atoms with Crippen LogP contribution in [0.25, 0.3) is 0 Å². The van der Waals surface area contributed by atoms with E-state index in [2.05, 4.69) is 10.2 Å². The van der Waals surface area contributed by atoms with Crippen LogP contribution in [0.3, 0.4) is 0 Å². The van der Waals surface area contributed by atoms with E-state index in [1.165, 1.54) is 4.31 Å². The zero-order valence-corrected chi connectivity index (χ0v) is 21.2. The maximum Gasteiger partial charge on any atom is 0.253 e. The molecule has 188 valence electrons. The first-order chi connectivity index (χ1) is 15.3. The number of hydrogen-bond donors (Lipinski definition) is 1. The number of hydrogen-bond acceptors (Lipinski definition) is 5. The van der Waals surface area contributed by atoms with Crippen molar-refractivity contribution in [3.05, 3.63) is 35.9 Å². The van der Waals surface area contributed by atoms with Crippen LogP contribution in [0, 0.1) is 0 Å². The monoisotopic (exact) mass is 505 g/mol. The van der Waals surface area contributed by atoms with E-state index >= 15 is 4.39 Å². The molecule has 3 rings (SSSR count). The Bertz CT molecular complexity index is 853. The van der Waals surface area contributed by atoms with E-state index in [0.29, 0.717) is 57.4 Å². The zero-order valence-electron chi connectivity index (χ0n) is 19.5. The lowest BCUT2D eigenvalue weighted by Gasteiger charge is -2.49. The minimum atomic E-state index is -3.28. The van der Waals surface area contributed by atoms with Crippen molar-refractivity contribution in [2.75, 3.05) is 39.0 Å². The minimum Gasteiger partial charge on any atom is -0.381 e. The lowest BCUT2D eigenvalue weighted by atomic mass is 9.85. The Morgan fingerprint density at radius 3 is 2.45 bits per heavy atom. The molecule has 1 heterocycles. The molecule has 3 atom stereocenters. The van der Waals surface area contributed by atoms with Crippen molar-refractivity contribution >= 4 is 28.3 Å². The molecule has 1 amide bonds. The van der Waals surface area contributed by atoms with Crippen molar-refractivity contribution in [1.82, 2.24) is 14.5 Å². The molecule has 1 saturated heterocycles. The Morgan fingerprint density at radius 1 is 1.18 bits per heavy atom. The van der Waals surface area contributed by atoms with E-state index in [4.69, 9.17) is 4.74 Å². The number of carbonyl (C=O) groups is 1. The Hall–Kier alpha value is -1.26. The lowest BCUT2D eigenvalue weighted by molar-refractivity contribution is -0.0322. The SMILES string of the molecule is CCCS(=O)(=O)N1CCN(C2(C(F)NC(=O)c3ccccc3)CCCC(OC)CC2)CC1.Cl. The number of nitrogens with zero attached hydrogens (tertiary/aromatic N) is 2.